The van der Waals surface area contributed by atoms with Crippen LogP contribution >= 0.6 is 35.0 Å². The molecule has 26 heavy (non-hydrogen) atoms. The maximum absolute atomic E-state index is 10.6. The van der Waals surface area contributed by atoms with Gasteiger partial charge in [-0.2, -0.15) is 13.2 Å². The van der Waals surface area contributed by atoms with E-state index in [9.17, 15) is 18.3 Å². The molecule has 2 bridgehead atoms. The fourth-order valence-corrected chi connectivity index (χ4v) is 5.12. The predicted octanol–water partition coefficient (Wildman–Crippen LogP) is 5.05. The van der Waals surface area contributed by atoms with Gasteiger partial charge in [0.1, 0.15) is 5.75 Å². The van der Waals surface area contributed by atoms with E-state index in [2.05, 4.69) is 11.9 Å². The minimum Gasteiger partial charge on any atom is -0.506 e. The number of aromatic hydroxyl groups is 1. The summed E-state index contributed by atoms with van der Waals surface area (Å²) >= 11 is 14.0. The highest BCUT2D eigenvalue weighted by atomic mass is 35.5. The molecule has 0 aromatic heterocycles. The molecule has 2 N–H and O–H groups in total. The second-order valence-electron chi connectivity index (χ2n) is 6.30. The van der Waals surface area contributed by atoms with Crippen LogP contribution in [-0.2, 0) is 4.79 Å². The van der Waals surface area contributed by atoms with Gasteiger partial charge in [0.25, 0.3) is 0 Å². The number of benzene rings is 1. The number of phenols is 1. The van der Waals surface area contributed by atoms with E-state index in [0.29, 0.717) is 15.3 Å². The van der Waals surface area contributed by atoms with Gasteiger partial charge in [-0.3, -0.25) is 0 Å². The second kappa shape index (κ2) is 8.46. The highest BCUT2D eigenvalue weighted by Crippen LogP contribution is 2.44. The molecule has 2 fully saturated rings. The van der Waals surface area contributed by atoms with Crippen LogP contribution in [0.3, 0.4) is 0 Å². The Balaban J connectivity index is 0.000000298. The van der Waals surface area contributed by atoms with Crippen LogP contribution in [0.5, 0.6) is 5.75 Å². The first-order chi connectivity index (χ1) is 12.0. The summed E-state index contributed by atoms with van der Waals surface area (Å²) in [5, 5.41) is 18.2. The largest absolute Gasteiger partial charge is 0.506 e. The van der Waals surface area contributed by atoms with E-state index >= 15 is 0 Å². The van der Waals surface area contributed by atoms with Crippen molar-refractivity contribution >= 4 is 40.9 Å². The van der Waals surface area contributed by atoms with Crippen molar-refractivity contribution < 1.29 is 28.2 Å². The van der Waals surface area contributed by atoms with Gasteiger partial charge >= 0.3 is 12.1 Å². The molecule has 3 atom stereocenters. The van der Waals surface area contributed by atoms with Crippen molar-refractivity contribution in [2.75, 3.05) is 7.05 Å². The smallest absolute Gasteiger partial charge is 0.490 e. The lowest BCUT2D eigenvalue weighted by atomic mass is 10.0. The van der Waals surface area contributed by atoms with E-state index < -0.39 is 12.1 Å². The van der Waals surface area contributed by atoms with Gasteiger partial charge in [-0.15, -0.1) is 11.8 Å². The van der Waals surface area contributed by atoms with Crippen LogP contribution in [0.4, 0.5) is 13.2 Å². The molecule has 0 amide bonds. The minimum atomic E-state index is -5.08. The molecule has 0 saturated carbocycles. The van der Waals surface area contributed by atoms with Gasteiger partial charge in [0.2, 0.25) is 0 Å². The third-order valence-electron chi connectivity index (χ3n) is 4.59. The number of halogens is 5. The summed E-state index contributed by atoms with van der Waals surface area (Å²) in [5.41, 5.74) is 0. The van der Waals surface area contributed by atoms with Crippen molar-refractivity contribution in [1.82, 2.24) is 4.90 Å². The number of carboxylic acids is 1. The zero-order chi connectivity index (χ0) is 19.6. The summed E-state index contributed by atoms with van der Waals surface area (Å²) < 4.78 is 31.7. The number of thioether (sulfide) groups is 1. The first kappa shape index (κ1) is 21.5. The Labute approximate surface area is 163 Å². The van der Waals surface area contributed by atoms with Crippen molar-refractivity contribution in [2.24, 2.45) is 0 Å². The van der Waals surface area contributed by atoms with Crippen molar-refractivity contribution in [2.45, 2.75) is 54.1 Å². The summed E-state index contributed by atoms with van der Waals surface area (Å²) in [4.78, 5) is 12.4. The lowest BCUT2D eigenvalue weighted by Crippen LogP contribution is -2.40. The maximum atomic E-state index is 10.6. The maximum Gasteiger partial charge on any atom is 0.490 e. The number of piperidine rings is 1. The van der Waals surface area contributed by atoms with E-state index in [1.54, 1.807) is 6.07 Å². The van der Waals surface area contributed by atoms with Gasteiger partial charge in [-0.1, -0.05) is 23.2 Å². The second-order valence-corrected chi connectivity index (χ2v) is 8.46. The summed E-state index contributed by atoms with van der Waals surface area (Å²) in [6.07, 6.45) is -0.0103. The lowest BCUT2D eigenvalue weighted by molar-refractivity contribution is -0.192. The molecule has 1 aromatic carbocycles. The Morgan fingerprint density at radius 1 is 1.19 bits per heavy atom. The fourth-order valence-electron chi connectivity index (χ4n) is 3.25. The van der Waals surface area contributed by atoms with Crippen molar-refractivity contribution in [3.8, 4) is 5.75 Å². The van der Waals surface area contributed by atoms with Crippen LogP contribution in [0.15, 0.2) is 17.0 Å². The highest BCUT2D eigenvalue weighted by molar-refractivity contribution is 8.00. The Bertz CT molecular complexity index is 661. The van der Waals surface area contributed by atoms with Gasteiger partial charge in [0.15, 0.2) is 0 Å². The molecule has 2 aliphatic rings. The normalized spacial score (nSPS) is 25.5. The molecule has 0 radical (unpaired) electrons. The average Bonchev–Trinajstić information content (AvgIpc) is 2.74. The topological polar surface area (TPSA) is 60.8 Å². The van der Waals surface area contributed by atoms with Crippen molar-refractivity contribution in [1.29, 1.82) is 0 Å². The van der Waals surface area contributed by atoms with E-state index in [4.69, 9.17) is 33.1 Å². The fraction of sp³-hybridized carbons (Fsp3) is 0.562. The number of hydrogen-bond acceptors (Lipinski definition) is 4. The summed E-state index contributed by atoms with van der Waals surface area (Å²) in [6, 6.07) is 4.77. The number of carboxylic acid groups (broad SMARTS) is 1. The molecule has 1 unspecified atom stereocenters. The molecular formula is C16H18Cl2F3NO3S. The van der Waals surface area contributed by atoms with Crippen LogP contribution in [0, 0.1) is 0 Å². The predicted molar refractivity (Wildman–Crippen MR) is 95.3 cm³/mol. The van der Waals surface area contributed by atoms with E-state index in [0.717, 1.165) is 17.0 Å². The molecule has 2 aliphatic heterocycles. The lowest BCUT2D eigenvalue weighted by Gasteiger charge is -2.36. The van der Waals surface area contributed by atoms with Crippen LogP contribution in [-0.4, -0.2) is 51.6 Å². The standard InChI is InChI=1S/C14H17Cl2NOS.C2HF3O2/c1-17-8-2-3-9(17)5-10(4-8)19-14-7-11(15)13(18)6-12(14)16;3-2(4,5)1(6)7/h6-10,18H,2-5H2,1H3;(H,6,7)/t8-,9+,10?;. The number of phenolic OH excluding ortho intramolecular Hbond substituents is 1. The number of rotatable bonds is 2. The molecule has 10 heteroatoms. The number of carbonyl (C=O) groups is 1. The Hall–Kier alpha value is -0.830. The number of aliphatic carboxylic acids is 1. The van der Waals surface area contributed by atoms with Crippen LogP contribution in [0.2, 0.25) is 10.0 Å². The molecule has 0 aliphatic carbocycles. The number of alkyl halides is 3. The summed E-state index contributed by atoms with van der Waals surface area (Å²) in [5.74, 6) is -2.70. The summed E-state index contributed by atoms with van der Waals surface area (Å²) in [6.45, 7) is 0. The Kier molecular flexibility index (Phi) is 6.98. The quantitative estimate of drug-likeness (QED) is 0.685. The Morgan fingerprint density at radius 3 is 2.15 bits per heavy atom. The molecule has 3 rings (SSSR count). The minimum absolute atomic E-state index is 0.0551. The SMILES string of the molecule is CN1[C@@H]2CC[C@H]1CC(Sc1cc(Cl)c(O)cc1Cl)C2.O=C(O)C(F)(F)F. The molecule has 4 nitrogen and oxygen atoms in total. The Morgan fingerprint density at radius 2 is 1.69 bits per heavy atom. The monoisotopic (exact) mass is 431 g/mol. The van der Waals surface area contributed by atoms with E-state index in [1.165, 1.54) is 31.7 Å². The third-order valence-corrected chi connectivity index (χ3v) is 6.63. The first-order valence-electron chi connectivity index (χ1n) is 7.85. The molecule has 0 spiro atoms. The number of fused-ring (bicyclic) bond motifs is 2. The zero-order valence-electron chi connectivity index (χ0n) is 13.8. The van der Waals surface area contributed by atoms with Crippen LogP contribution in [0.1, 0.15) is 25.7 Å². The zero-order valence-corrected chi connectivity index (χ0v) is 16.1. The number of hydrogen-bond donors (Lipinski definition) is 2. The van der Waals surface area contributed by atoms with Crippen LogP contribution in [0.25, 0.3) is 0 Å². The van der Waals surface area contributed by atoms with Gasteiger partial charge in [-0.05, 0) is 38.8 Å². The summed E-state index contributed by atoms with van der Waals surface area (Å²) in [7, 11) is 2.24. The van der Waals surface area contributed by atoms with Gasteiger partial charge < -0.3 is 15.1 Å². The molecule has 146 valence electrons. The van der Waals surface area contributed by atoms with Gasteiger partial charge in [0, 0.05) is 28.3 Å². The third kappa shape index (κ3) is 5.34. The highest BCUT2D eigenvalue weighted by Gasteiger charge is 2.39. The van der Waals surface area contributed by atoms with Gasteiger partial charge in [0.05, 0.1) is 10.0 Å². The first-order valence-corrected chi connectivity index (χ1v) is 9.49. The van der Waals surface area contributed by atoms with Crippen molar-refractivity contribution in [3.05, 3.63) is 22.2 Å². The van der Waals surface area contributed by atoms with E-state index in [1.807, 2.05) is 11.8 Å². The average molecular weight is 432 g/mol. The molecule has 2 heterocycles. The van der Waals surface area contributed by atoms with E-state index in [-0.39, 0.29) is 5.75 Å². The molecule has 2 saturated heterocycles. The molecule has 1 aromatic rings. The van der Waals surface area contributed by atoms with Gasteiger partial charge in [-0.25, -0.2) is 4.79 Å². The molecular weight excluding hydrogens is 414 g/mol. The van der Waals surface area contributed by atoms with Crippen molar-refractivity contribution in [3.63, 3.8) is 0 Å². The van der Waals surface area contributed by atoms with Crippen LogP contribution < -0.4 is 0 Å². The number of nitrogens with zero attached hydrogens (tertiary/aromatic N) is 1.